The highest BCUT2D eigenvalue weighted by Crippen LogP contribution is 2.23. The molecule has 0 radical (unpaired) electrons. The van der Waals surface area contributed by atoms with Gasteiger partial charge in [-0.05, 0) is 30.9 Å². The smallest absolute Gasteiger partial charge is 0.320 e. The number of carbonyl (C=O) groups excluding carboxylic acids is 1. The van der Waals surface area contributed by atoms with Crippen molar-refractivity contribution >= 4 is 22.9 Å². The fourth-order valence-electron chi connectivity index (χ4n) is 3.24. The first kappa shape index (κ1) is 17.3. The van der Waals surface area contributed by atoms with Gasteiger partial charge in [-0.2, -0.15) is 9.97 Å². The molecule has 2 aromatic heterocycles. The lowest BCUT2D eigenvalue weighted by Gasteiger charge is -2.11. The third kappa shape index (κ3) is 3.69. The monoisotopic (exact) mass is 366 g/mol. The molecule has 1 aromatic carbocycles. The predicted octanol–water partition coefficient (Wildman–Crippen LogP) is 1.60. The van der Waals surface area contributed by atoms with Crippen LogP contribution >= 0.6 is 0 Å². The van der Waals surface area contributed by atoms with E-state index in [2.05, 4.69) is 32.4 Å². The van der Waals surface area contributed by atoms with E-state index in [-0.39, 0.29) is 11.9 Å². The van der Waals surface area contributed by atoms with Crippen molar-refractivity contribution in [1.82, 2.24) is 24.8 Å². The molecule has 1 aliphatic rings. The first-order chi connectivity index (χ1) is 13.1. The number of aryl methyl sites for hydroxylation is 2. The van der Waals surface area contributed by atoms with Crippen molar-refractivity contribution in [2.75, 3.05) is 18.9 Å². The van der Waals surface area contributed by atoms with Crippen LogP contribution < -0.4 is 15.8 Å². The number of nitrogen functional groups attached to an aromatic ring is 1. The van der Waals surface area contributed by atoms with Crippen molar-refractivity contribution in [1.29, 1.82) is 0 Å². The molecule has 0 saturated heterocycles. The normalized spacial score (nSPS) is 15.5. The quantitative estimate of drug-likeness (QED) is 0.626. The number of fused-ring (bicyclic) bond motifs is 3. The van der Waals surface area contributed by atoms with E-state index < -0.39 is 0 Å². The van der Waals surface area contributed by atoms with Crippen LogP contribution in [0, 0.1) is 6.92 Å². The van der Waals surface area contributed by atoms with E-state index in [1.54, 1.807) is 0 Å². The second kappa shape index (κ2) is 7.22. The van der Waals surface area contributed by atoms with E-state index in [0.717, 1.165) is 17.0 Å². The molecule has 0 atom stereocenters. The van der Waals surface area contributed by atoms with E-state index in [1.165, 1.54) is 0 Å². The van der Waals surface area contributed by atoms with Crippen molar-refractivity contribution in [3.63, 3.8) is 0 Å². The molecule has 3 N–H and O–H groups in total. The third-order valence-electron chi connectivity index (χ3n) is 4.64. The number of anilines is 1. The number of ether oxygens (including phenoxy) is 1. The second-order valence-corrected chi connectivity index (χ2v) is 6.68. The Morgan fingerprint density at radius 1 is 1.19 bits per heavy atom. The highest BCUT2D eigenvalue weighted by molar-refractivity contribution is 5.82. The number of rotatable bonds is 0. The first-order valence-electron chi connectivity index (χ1n) is 9.08. The Bertz CT molecular complexity index is 997. The van der Waals surface area contributed by atoms with Crippen LogP contribution in [0.1, 0.15) is 29.8 Å². The van der Waals surface area contributed by atoms with Crippen LogP contribution in [0.15, 0.2) is 24.3 Å². The van der Waals surface area contributed by atoms with Gasteiger partial charge in [-0.1, -0.05) is 24.3 Å². The summed E-state index contributed by atoms with van der Waals surface area (Å²) in [4.78, 5) is 25.2. The molecule has 4 rings (SSSR count). The summed E-state index contributed by atoms with van der Waals surface area (Å²) in [5.41, 5.74) is 9.57. The summed E-state index contributed by atoms with van der Waals surface area (Å²) in [6, 6.07) is 8.46. The molecular formula is C19H22N6O2. The minimum absolute atomic E-state index is 0.0437. The second-order valence-electron chi connectivity index (χ2n) is 6.68. The van der Waals surface area contributed by atoms with Gasteiger partial charge in [0.25, 0.3) is 0 Å². The summed E-state index contributed by atoms with van der Waals surface area (Å²) in [6.07, 6.45) is 1.84. The van der Waals surface area contributed by atoms with Gasteiger partial charge in [0.1, 0.15) is 5.82 Å². The number of nitrogens with zero attached hydrogens (tertiary/aromatic N) is 4. The van der Waals surface area contributed by atoms with Gasteiger partial charge in [0.2, 0.25) is 5.91 Å². The van der Waals surface area contributed by atoms with Crippen LogP contribution in [0.5, 0.6) is 6.01 Å². The molecule has 1 amide bonds. The van der Waals surface area contributed by atoms with Crippen LogP contribution in [0.3, 0.4) is 0 Å². The molecule has 3 aromatic rings. The zero-order valence-corrected chi connectivity index (χ0v) is 15.2. The van der Waals surface area contributed by atoms with Gasteiger partial charge >= 0.3 is 6.01 Å². The van der Waals surface area contributed by atoms with Crippen molar-refractivity contribution < 1.29 is 9.53 Å². The topological polar surface area (TPSA) is 108 Å². The molecular weight excluding hydrogens is 344 g/mol. The minimum Gasteiger partial charge on any atom is -0.463 e. The van der Waals surface area contributed by atoms with Gasteiger partial charge in [0, 0.05) is 13.0 Å². The maximum absolute atomic E-state index is 12.0. The summed E-state index contributed by atoms with van der Waals surface area (Å²) < 4.78 is 7.65. The Hall–Kier alpha value is -3.16. The fourth-order valence-corrected chi connectivity index (χ4v) is 3.24. The molecule has 1 aliphatic heterocycles. The zero-order valence-electron chi connectivity index (χ0n) is 15.2. The van der Waals surface area contributed by atoms with Crippen LogP contribution in [0.25, 0.3) is 11.2 Å². The van der Waals surface area contributed by atoms with Crippen LogP contribution in [-0.4, -0.2) is 38.6 Å². The molecule has 3 heterocycles. The molecule has 8 nitrogen and oxygen atoms in total. The Labute approximate surface area is 156 Å². The van der Waals surface area contributed by atoms with Crippen molar-refractivity contribution in [2.24, 2.45) is 0 Å². The zero-order chi connectivity index (χ0) is 18.8. The lowest BCUT2D eigenvalue weighted by molar-refractivity contribution is -0.121. The number of nitrogens with two attached hydrogens (primary N) is 1. The minimum atomic E-state index is 0.0437. The Morgan fingerprint density at radius 3 is 2.93 bits per heavy atom. The van der Waals surface area contributed by atoms with Crippen molar-refractivity contribution in [2.45, 2.75) is 32.7 Å². The maximum atomic E-state index is 12.0. The Kier molecular flexibility index (Phi) is 4.62. The number of carbonyl (C=O) groups is 1. The van der Waals surface area contributed by atoms with Gasteiger partial charge in [-0.25, -0.2) is 4.98 Å². The molecule has 4 bridgehead atoms. The third-order valence-corrected chi connectivity index (χ3v) is 4.64. The first-order valence-corrected chi connectivity index (χ1v) is 9.08. The van der Waals surface area contributed by atoms with Crippen molar-refractivity contribution in [3.05, 3.63) is 41.2 Å². The van der Waals surface area contributed by atoms with E-state index in [9.17, 15) is 4.79 Å². The number of aromatic nitrogens is 4. The number of amides is 1. The summed E-state index contributed by atoms with van der Waals surface area (Å²) in [5.74, 6) is 1.16. The van der Waals surface area contributed by atoms with Crippen LogP contribution in [-0.2, 0) is 17.8 Å². The van der Waals surface area contributed by atoms with Crippen LogP contribution in [0.2, 0.25) is 0 Å². The summed E-state index contributed by atoms with van der Waals surface area (Å²) in [6.45, 7) is 3.48. The van der Waals surface area contributed by atoms with E-state index >= 15 is 0 Å². The Morgan fingerprint density at radius 2 is 2.04 bits per heavy atom. The molecule has 0 aliphatic carbocycles. The molecule has 27 heavy (non-hydrogen) atoms. The lowest BCUT2D eigenvalue weighted by atomic mass is 10.1. The number of nitrogens with one attached hydrogen (secondary N) is 1. The lowest BCUT2D eigenvalue weighted by Crippen LogP contribution is -2.25. The molecule has 8 heteroatoms. The van der Waals surface area contributed by atoms with E-state index in [1.807, 2.05) is 23.6 Å². The predicted molar refractivity (Wildman–Crippen MR) is 101 cm³/mol. The van der Waals surface area contributed by atoms with Crippen LogP contribution in [0.4, 0.5) is 5.82 Å². The molecule has 0 saturated carbocycles. The standard InChI is InChI=1S/C19H22N6O2/c1-12-22-16-17(20)23-19-24-18(16)25(12)11-14-5-2-4-13(10-14)6-7-15(26)21-8-3-9-27-19/h2,4-5,10H,3,6-9,11H2,1H3,(H,21,26)(H2,20,23,24). The van der Waals surface area contributed by atoms with Crippen molar-refractivity contribution in [3.8, 4) is 6.01 Å². The number of hydrogen-bond donors (Lipinski definition) is 2. The molecule has 0 fully saturated rings. The van der Waals surface area contributed by atoms with E-state index in [0.29, 0.717) is 55.9 Å². The number of benzene rings is 1. The summed E-state index contributed by atoms with van der Waals surface area (Å²) in [5, 5.41) is 2.91. The largest absolute Gasteiger partial charge is 0.463 e. The summed E-state index contributed by atoms with van der Waals surface area (Å²) in [7, 11) is 0. The van der Waals surface area contributed by atoms with Gasteiger partial charge in [0.15, 0.2) is 17.0 Å². The molecule has 140 valence electrons. The molecule has 0 spiro atoms. The summed E-state index contributed by atoms with van der Waals surface area (Å²) >= 11 is 0. The number of imidazole rings is 1. The Balaban J connectivity index is 1.76. The SMILES string of the molecule is Cc1nc2c(N)nc3nc2n1Cc1cccc(c1)CCC(=O)NCCCO3. The highest BCUT2D eigenvalue weighted by atomic mass is 16.5. The molecule has 0 unspecified atom stereocenters. The van der Waals surface area contributed by atoms with Gasteiger partial charge in [-0.15, -0.1) is 0 Å². The van der Waals surface area contributed by atoms with Gasteiger partial charge in [0.05, 0.1) is 13.2 Å². The van der Waals surface area contributed by atoms with E-state index in [4.69, 9.17) is 10.5 Å². The van der Waals surface area contributed by atoms with Gasteiger partial charge < -0.3 is 20.4 Å². The fraction of sp³-hybridized carbons (Fsp3) is 0.368. The maximum Gasteiger partial charge on any atom is 0.320 e. The highest BCUT2D eigenvalue weighted by Gasteiger charge is 2.16. The average molecular weight is 366 g/mol. The number of hydrogen-bond acceptors (Lipinski definition) is 6. The average Bonchev–Trinajstić information content (AvgIpc) is 2.96. The van der Waals surface area contributed by atoms with Gasteiger partial charge in [-0.3, -0.25) is 4.79 Å².